The van der Waals surface area contributed by atoms with Crippen LogP contribution in [0.4, 0.5) is 10.6 Å². The van der Waals surface area contributed by atoms with Gasteiger partial charge in [0.1, 0.15) is 11.5 Å². The van der Waals surface area contributed by atoms with Gasteiger partial charge in [-0.05, 0) is 36.1 Å². The molecule has 140 valence electrons. The molecule has 3 aromatic rings. The number of amides is 1. The highest BCUT2D eigenvalue weighted by Crippen LogP contribution is 2.35. The van der Waals surface area contributed by atoms with Crippen molar-refractivity contribution in [1.29, 1.82) is 0 Å². The zero-order valence-corrected chi connectivity index (χ0v) is 15.6. The van der Waals surface area contributed by atoms with Crippen LogP contribution >= 0.6 is 11.6 Å². The molecule has 4 rings (SSSR count). The van der Waals surface area contributed by atoms with E-state index in [0.29, 0.717) is 12.2 Å². The molecule has 0 spiro atoms. The Morgan fingerprint density at radius 1 is 1.22 bits per heavy atom. The maximum atomic E-state index is 11.7. The zero-order valence-electron chi connectivity index (χ0n) is 14.8. The standard InChI is InChI=1S/C19H20ClN5O2/c1-24(17-15-7-8-21-16(15)22-18(20)23-17)13-9-14(10-13)25(19(26)27)11-12-5-3-2-4-6-12/h2-8,13-14H,9-11H2,1H3,(H,26,27)(H,21,22,23)/t13-,14+. The first kappa shape index (κ1) is 17.6. The van der Waals surface area contributed by atoms with Gasteiger partial charge in [0, 0.05) is 31.9 Å². The Hall–Kier alpha value is -2.80. The summed E-state index contributed by atoms with van der Waals surface area (Å²) in [7, 11) is 1.97. The molecule has 1 aliphatic rings. The molecule has 1 fully saturated rings. The quantitative estimate of drug-likeness (QED) is 0.653. The highest BCUT2D eigenvalue weighted by atomic mass is 35.5. The number of rotatable bonds is 5. The first-order valence-corrected chi connectivity index (χ1v) is 9.17. The fourth-order valence-electron chi connectivity index (χ4n) is 3.60. The highest BCUT2D eigenvalue weighted by Gasteiger charge is 2.39. The van der Waals surface area contributed by atoms with Crippen LogP contribution in [0.1, 0.15) is 18.4 Å². The van der Waals surface area contributed by atoms with Gasteiger partial charge in [-0.25, -0.2) is 4.79 Å². The van der Waals surface area contributed by atoms with Gasteiger partial charge in [-0.15, -0.1) is 0 Å². The van der Waals surface area contributed by atoms with E-state index < -0.39 is 6.09 Å². The number of carboxylic acid groups (broad SMARTS) is 1. The summed E-state index contributed by atoms with van der Waals surface area (Å²) in [6.07, 6.45) is 2.43. The number of fused-ring (bicyclic) bond motifs is 1. The molecule has 0 radical (unpaired) electrons. The number of aromatic nitrogens is 3. The van der Waals surface area contributed by atoms with E-state index in [1.54, 1.807) is 0 Å². The molecule has 1 aliphatic carbocycles. The minimum Gasteiger partial charge on any atom is -0.465 e. The molecule has 2 aromatic heterocycles. The van der Waals surface area contributed by atoms with Crippen molar-refractivity contribution in [3.63, 3.8) is 0 Å². The average molecular weight is 386 g/mol. The summed E-state index contributed by atoms with van der Waals surface area (Å²) in [4.78, 5) is 27.0. The number of nitrogens with zero attached hydrogens (tertiary/aromatic N) is 4. The van der Waals surface area contributed by atoms with Crippen LogP contribution in [0.15, 0.2) is 42.6 Å². The van der Waals surface area contributed by atoms with E-state index in [4.69, 9.17) is 11.6 Å². The van der Waals surface area contributed by atoms with E-state index in [-0.39, 0.29) is 17.4 Å². The van der Waals surface area contributed by atoms with Crippen molar-refractivity contribution in [2.75, 3.05) is 11.9 Å². The van der Waals surface area contributed by atoms with Crippen LogP contribution < -0.4 is 4.90 Å². The van der Waals surface area contributed by atoms with Gasteiger partial charge >= 0.3 is 6.09 Å². The Bertz CT molecular complexity index is 955. The molecule has 0 saturated heterocycles. The average Bonchev–Trinajstić information content (AvgIpc) is 3.07. The van der Waals surface area contributed by atoms with Crippen molar-refractivity contribution in [3.05, 3.63) is 53.4 Å². The van der Waals surface area contributed by atoms with Gasteiger partial charge in [-0.3, -0.25) is 0 Å². The van der Waals surface area contributed by atoms with E-state index >= 15 is 0 Å². The van der Waals surface area contributed by atoms with Crippen molar-refractivity contribution in [3.8, 4) is 0 Å². The van der Waals surface area contributed by atoms with Crippen molar-refractivity contribution in [2.24, 2.45) is 0 Å². The van der Waals surface area contributed by atoms with Crippen molar-refractivity contribution >= 4 is 34.5 Å². The summed E-state index contributed by atoms with van der Waals surface area (Å²) in [5, 5.41) is 10.7. The number of hydrogen-bond acceptors (Lipinski definition) is 4. The molecule has 1 saturated carbocycles. The molecule has 0 aliphatic heterocycles. The van der Waals surface area contributed by atoms with Gasteiger partial charge in [0.25, 0.3) is 0 Å². The molecule has 0 unspecified atom stereocenters. The van der Waals surface area contributed by atoms with Gasteiger partial charge in [0.15, 0.2) is 0 Å². The smallest absolute Gasteiger partial charge is 0.407 e. The lowest BCUT2D eigenvalue weighted by molar-refractivity contribution is 0.0834. The van der Waals surface area contributed by atoms with Crippen molar-refractivity contribution < 1.29 is 9.90 Å². The third kappa shape index (κ3) is 3.42. The molecule has 7 nitrogen and oxygen atoms in total. The molecular weight excluding hydrogens is 366 g/mol. The minimum atomic E-state index is -0.886. The lowest BCUT2D eigenvalue weighted by Crippen LogP contribution is -2.54. The Morgan fingerprint density at radius 2 is 1.96 bits per heavy atom. The Balaban J connectivity index is 1.47. The Morgan fingerprint density at radius 3 is 2.67 bits per heavy atom. The van der Waals surface area contributed by atoms with E-state index in [2.05, 4.69) is 19.9 Å². The number of halogens is 1. The SMILES string of the molecule is CN(c1nc(Cl)nc2[nH]ccc12)[C@H]1C[C@@H](N(Cc2ccccc2)C(=O)O)C1. The van der Waals surface area contributed by atoms with E-state index in [1.807, 2.05) is 49.6 Å². The van der Waals surface area contributed by atoms with Crippen LogP contribution in [0.5, 0.6) is 0 Å². The maximum absolute atomic E-state index is 11.7. The van der Waals surface area contributed by atoms with Gasteiger partial charge in [0.05, 0.1) is 5.39 Å². The second-order valence-electron chi connectivity index (χ2n) is 6.84. The fourth-order valence-corrected chi connectivity index (χ4v) is 3.77. The van der Waals surface area contributed by atoms with Gasteiger partial charge < -0.3 is 19.9 Å². The molecule has 1 aromatic carbocycles. The van der Waals surface area contributed by atoms with Crippen LogP contribution in [-0.2, 0) is 6.54 Å². The number of anilines is 1. The third-order valence-corrected chi connectivity index (χ3v) is 5.39. The molecule has 0 bridgehead atoms. The summed E-state index contributed by atoms with van der Waals surface area (Å²) in [5.74, 6) is 0.764. The van der Waals surface area contributed by atoms with E-state index in [9.17, 15) is 9.90 Å². The van der Waals surface area contributed by atoms with Gasteiger partial charge in [-0.1, -0.05) is 30.3 Å². The van der Waals surface area contributed by atoms with E-state index in [0.717, 1.165) is 29.6 Å². The molecular formula is C19H20ClN5O2. The third-order valence-electron chi connectivity index (χ3n) is 5.22. The van der Waals surface area contributed by atoms with Crippen LogP contribution in [0, 0.1) is 0 Å². The van der Waals surface area contributed by atoms with Crippen LogP contribution in [-0.4, -0.2) is 50.2 Å². The normalized spacial score (nSPS) is 18.9. The highest BCUT2D eigenvalue weighted by molar-refractivity contribution is 6.28. The first-order valence-electron chi connectivity index (χ1n) is 8.80. The lowest BCUT2D eigenvalue weighted by Gasteiger charge is -2.45. The predicted molar refractivity (Wildman–Crippen MR) is 104 cm³/mol. The lowest BCUT2D eigenvalue weighted by atomic mass is 9.84. The summed E-state index contributed by atoms with van der Waals surface area (Å²) in [6.45, 7) is 0.401. The minimum absolute atomic E-state index is 0.00539. The topological polar surface area (TPSA) is 85.4 Å². The molecule has 2 heterocycles. The van der Waals surface area contributed by atoms with Gasteiger partial charge in [-0.2, -0.15) is 9.97 Å². The van der Waals surface area contributed by atoms with E-state index in [1.165, 1.54) is 4.90 Å². The number of hydrogen-bond donors (Lipinski definition) is 2. The van der Waals surface area contributed by atoms with Gasteiger partial charge in [0.2, 0.25) is 5.28 Å². The summed E-state index contributed by atoms with van der Waals surface area (Å²) < 4.78 is 0. The second-order valence-corrected chi connectivity index (χ2v) is 7.18. The fraction of sp³-hybridized carbons (Fsp3) is 0.316. The summed E-state index contributed by atoms with van der Waals surface area (Å²) >= 11 is 6.05. The Labute approximate surface area is 161 Å². The van der Waals surface area contributed by atoms with Crippen LogP contribution in [0.2, 0.25) is 5.28 Å². The summed E-state index contributed by atoms with van der Waals surface area (Å²) in [6, 6.07) is 11.8. The number of benzene rings is 1. The number of carbonyl (C=O) groups is 1. The Kier molecular flexibility index (Phi) is 4.61. The molecule has 27 heavy (non-hydrogen) atoms. The molecule has 0 atom stereocenters. The van der Waals surface area contributed by atoms with Crippen LogP contribution in [0.3, 0.4) is 0 Å². The number of H-pyrrole nitrogens is 1. The van der Waals surface area contributed by atoms with Crippen molar-refractivity contribution in [1.82, 2.24) is 19.9 Å². The molecule has 1 amide bonds. The van der Waals surface area contributed by atoms with Crippen molar-refractivity contribution in [2.45, 2.75) is 31.5 Å². The number of aromatic amines is 1. The molecule has 8 heteroatoms. The monoisotopic (exact) mass is 385 g/mol. The summed E-state index contributed by atoms with van der Waals surface area (Å²) in [5.41, 5.74) is 1.69. The van der Waals surface area contributed by atoms with Crippen LogP contribution in [0.25, 0.3) is 11.0 Å². The molecule has 2 N–H and O–H groups in total. The predicted octanol–water partition coefficient (Wildman–Crippen LogP) is 3.76. The maximum Gasteiger partial charge on any atom is 0.407 e. The zero-order chi connectivity index (χ0) is 19.0. The second kappa shape index (κ2) is 7.08. The first-order chi connectivity index (χ1) is 13.0. The largest absolute Gasteiger partial charge is 0.465 e. The number of nitrogens with one attached hydrogen (secondary N) is 1.